The Bertz CT molecular complexity index is 636. The number of aliphatic imine (C=N–C) groups is 1. The third kappa shape index (κ3) is 5.45. The van der Waals surface area contributed by atoms with Gasteiger partial charge in [-0.15, -0.1) is 11.3 Å². The Hall–Kier alpha value is -2.28. The number of thiazole rings is 1. The zero-order valence-electron chi connectivity index (χ0n) is 13.7. The maximum Gasteiger partial charge on any atom is 0.188 e. The fraction of sp³-hybridized carbons (Fsp3) is 0.375. The summed E-state index contributed by atoms with van der Waals surface area (Å²) in [4.78, 5) is 10.8. The minimum absolute atomic E-state index is 0.443. The number of hydrogen-bond donors (Lipinski definition) is 2. The largest absolute Gasteiger partial charge is 0.497 e. The van der Waals surface area contributed by atoms with Crippen molar-refractivity contribution in [3.63, 3.8) is 0 Å². The van der Waals surface area contributed by atoms with Crippen LogP contribution in [0, 0.1) is 0 Å². The fourth-order valence-corrected chi connectivity index (χ4v) is 2.67. The standard InChI is InChI=1S/C16H23N5OS/c1-21(2)16-20-13(11-23-16)10-19-15(17)18-9-8-12-4-6-14(22-3)7-5-12/h4-7,11H,8-10H2,1-3H3,(H3,17,18,19). The number of methoxy groups -OCH3 is 1. The van der Waals surface area contributed by atoms with Gasteiger partial charge in [0.25, 0.3) is 0 Å². The summed E-state index contributed by atoms with van der Waals surface area (Å²) in [5, 5.41) is 6.10. The molecule has 0 saturated carbocycles. The van der Waals surface area contributed by atoms with E-state index in [0.29, 0.717) is 12.5 Å². The molecule has 0 radical (unpaired) electrons. The van der Waals surface area contributed by atoms with Gasteiger partial charge in [0.1, 0.15) is 5.75 Å². The van der Waals surface area contributed by atoms with Crippen LogP contribution >= 0.6 is 11.3 Å². The Labute approximate surface area is 141 Å². The highest BCUT2D eigenvalue weighted by Crippen LogP contribution is 2.18. The van der Waals surface area contributed by atoms with Gasteiger partial charge in [-0.05, 0) is 24.1 Å². The van der Waals surface area contributed by atoms with Crippen LogP contribution in [0.5, 0.6) is 5.75 Å². The van der Waals surface area contributed by atoms with E-state index in [9.17, 15) is 0 Å². The van der Waals surface area contributed by atoms with Crippen molar-refractivity contribution in [3.05, 3.63) is 40.9 Å². The number of nitrogens with zero attached hydrogens (tertiary/aromatic N) is 3. The van der Waals surface area contributed by atoms with Crippen LogP contribution < -0.4 is 20.7 Å². The predicted molar refractivity (Wildman–Crippen MR) is 96.5 cm³/mol. The summed E-state index contributed by atoms with van der Waals surface area (Å²) in [7, 11) is 5.61. The topological polar surface area (TPSA) is 75.8 Å². The summed E-state index contributed by atoms with van der Waals surface area (Å²) in [5.74, 6) is 1.31. The summed E-state index contributed by atoms with van der Waals surface area (Å²) in [6, 6.07) is 8.01. The molecule has 1 heterocycles. The summed E-state index contributed by atoms with van der Waals surface area (Å²) >= 11 is 1.60. The summed E-state index contributed by atoms with van der Waals surface area (Å²) in [5.41, 5.74) is 8.03. The number of hydrogen-bond acceptors (Lipinski definition) is 5. The van der Waals surface area contributed by atoms with Gasteiger partial charge in [0.05, 0.1) is 19.3 Å². The molecule has 0 amide bonds. The molecule has 0 saturated heterocycles. The molecule has 1 aromatic carbocycles. The SMILES string of the molecule is COc1ccc(CCNC(N)=NCc2csc(N(C)C)n2)cc1. The lowest BCUT2D eigenvalue weighted by Crippen LogP contribution is -2.33. The monoisotopic (exact) mass is 333 g/mol. The van der Waals surface area contributed by atoms with Crippen molar-refractivity contribution in [2.45, 2.75) is 13.0 Å². The third-order valence-electron chi connectivity index (χ3n) is 3.21. The molecule has 1 aromatic heterocycles. The smallest absolute Gasteiger partial charge is 0.188 e. The van der Waals surface area contributed by atoms with Crippen molar-refractivity contribution in [2.75, 3.05) is 32.6 Å². The van der Waals surface area contributed by atoms with Gasteiger partial charge < -0.3 is 20.7 Å². The first-order chi connectivity index (χ1) is 11.1. The Morgan fingerprint density at radius 3 is 2.70 bits per heavy atom. The zero-order valence-corrected chi connectivity index (χ0v) is 14.6. The van der Waals surface area contributed by atoms with Gasteiger partial charge in [0, 0.05) is 26.0 Å². The zero-order chi connectivity index (χ0) is 16.7. The second-order valence-electron chi connectivity index (χ2n) is 5.24. The molecule has 3 N–H and O–H groups in total. The van der Waals surface area contributed by atoms with Crippen LogP contribution in [0.1, 0.15) is 11.3 Å². The van der Waals surface area contributed by atoms with Crippen LogP contribution in [0.25, 0.3) is 0 Å². The van der Waals surface area contributed by atoms with Crippen LogP contribution in [0.4, 0.5) is 5.13 Å². The second-order valence-corrected chi connectivity index (χ2v) is 6.08. The van der Waals surface area contributed by atoms with Crippen LogP contribution in [-0.2, 0) is 13.0 Å². The fourth-order valence-electron chi connectivity index (χ4n) is 1.92. The van der Waals surface area contributed by atoms with Crippen molar-refractivity contribution in [3.8, 4) is 5.75 Å². The molecule has 7 heteroatoms. The molecule has 124 valence electrons. The number of aromatic nitrogens is 1. The van der Waals surface area contributed by atoms with Crippen molar-refractivity contribution in [2.24, 2.45) is 10.7 Å². The van der Waals surface area contributed by atoms with E-state index in [4.69, 9.17) is 10.5 Å². The van der Waals surface area contributed by atoms with E-state index in [1.165, 1.54) is 5.56 Å². The molecule has 0 unspecified atom stereocenters. The van der Waals surface area contributed by atoms with E-state index in [2.05, 4.69) is 15.3 Å². The van der Waals surface area contributed by atoms with Crippen LogP contribution in [0.15, 0.2) is 34.6 Å². The number of ether oxygens (including phenoxy) is 1. The Kier molecular flexibility index (Phi) is 6.22. The Morgan fingerprint density at radius 2 is 2.09 bits per heavy atom. The molecule has 0 aliphatic heterocycles. The molecule has 0 fully saturated rings. The highest BCUT2D eigenvalue weighted by Gasteiger charge is 2.03. The van der Waals surface area contributed by atoms with E-state index >= 15 is 0 Å². The van der Waals surface area contributed by atoms with E-state index in [-0.39, 0.29) is 0 Å². The molecule has 0 aliphatic rings. The summed E-state index contributed by atoms with van der Waals surface area (Å²) < 4.78 is 5.14. The maximum absolute atomic E-state index is 5.88. The van der Waals surface area contributed by atoms with Crippen LogP contribution in [-0.4, -0.2) is 38.7 Å². The highest BCUT2D eigenvalue weighted by atomic mass is 32.1. The van der Waals surface area contributed by atoms with Crippen LogP contribution in [0.2, 0.25) is 0 Å². The quantitative estimate of drug-likeness (QED) is 0.597. The molecular weight excluding hydrogens is 310 g/mol. The van der Waals surface area contributed by atoms with Crippen molar-refractivity contribution in [1.82, 2.24) is 10.3 Å². The first-order valence-corrected chi connectivity index (χ1v) is 8.25. The van der Waals surface area contributed by atoms with Crippen molar-refractivity contribution < 1.29 is 4.74 Å². The van der Waals surface area contributed by atoms with Gasteiger partial charge in [-0.1, -0.05) is 12.1 Å². The minimum Gasteiger partial charge on any atom is -0.497 e. The summed E-state index contributed by atoms with van der Waals surface area (Å²) in [6.07, 6.45) is 0.877. The molecule has 0 bridgehead atoms. The average Bonchev–Trinajstić information content (AvgIpc) is 3.03. The van der Waals surface area contributed by atoms with Gasteiger partial charge >= 0.3 is 0 Å². The number of nitrogens with one attached hydrogen (secondary N) is 1. The molecule has 2 rings (SSSR count). The number of anilines is 1. The first-order valence-electron chi connectivity index (χ1n) is 7.37. The lowest BCUT2D eigenvalue weighted by Gasteiger charge is -2.06. The van der Waals surface area contributed by atoms with Gasteiger partial charge in [0.2, 0.25) is 0 Å². The van der Waals surface area contributed by atoms with E-state index in [1.807, 2.05) is 48.6 Å². The normalized spacial score (nSPS) is 11.3. The van der Waals surface area contributed by atoms with E-state index in [1.54, 1.807) is 18.4 Å². The maximum atomic E-state index is 5.88. The first kappa shape index (κ1) is 17.1. The molecule has 23 heavy (non-hydrogen) atoms. The van der Waals surface area contributed by atoms with Crippen molar-refractivity contribution in [1.29, 1.82) is 0 Å². The molecule has 0 atom stereocenters. The minimum atomic E-state index is 0.443. The van der Waals surface area contributed by atoms with Crippen molar-refractivity contribution >= 4 is 22.4 Å². The molecule has 0 aliphatic carbocycles. The van der Waals surface area contributed by atoms with E-state index in [0.717, 1.165) is 29.5 Å². The lowest BCUT2D eigenvalue weighted by molar-refractivity contribution is 0.414. The average molecular weight is 333 g/mol. The number of rotatable bonds is 7. The lowest BCUT2D eigenvalue weighted by atomic mass is 10.1. The second kappa shape index (κ2) is 8.38. The number of nitrogens with two attached hydrogens (primary N) is 1. The molecule has 2 aromatic rings. The Balaban J connectivity index is 1.75. The number of guanidine groups is 1. The van der Waals surface area contributed by atoms with Gasteiger partial charge in [0.15, 0.2) is 11.1 Å². The number of benzene rings is 1. The predicted octanol–water partition coefficient (Wildman–Crippen LogP) is 1.86. The van der Waals surface area contributed by atoms with E-state index < -0.39 is 0 Å². The van der Waals surface area contributed by atoms with Gasteiger partial charge in [-0.25, -0.2) is 9.98 Å². The van der Waals surface area contributed by atoms with Gasteiger partial charge in [-0.3, -0.25) is 0 Å². The summed E-state index contributed by atoms with van der Waals surface area (Å²) in [6.45, 7) is 1.23. The molecular formula is C16H23N5OS. The highest BCUT2D eigenvalue weighted by molar-refractivity contribution is 7.13. The molecule has 0 spiro atoms. The van der Waals surface area contributed by atoms with Gasteiger partial charge in [-0.2, -0.15) is 0 Å². The molecule has 6 nitrogen and oxygen atoms in total. The van der Waals surface area contributed by atoms with Crippen LogP contribution in [0.3, 0.4) is 0 Å². The third-order valence-corrected chi connectivity index (χ3v) is 4.27. The Morgan fingerprint density at radius 1 is 1.35 bits per heavy atom.